The van der Waals surface area contributed by atoms with Crippen LogP contribution in [0.15, 0.2) is 24.3 Å². The molecule has 5 nitrogen and oxygen atoms in total. The van der Waals surface area contributed by atoms with Crippen molar-refractivity contribution in [2.75, 3.05) is 18.8 Å². The standard InChI is InChI=1S/C18H25ClN2O3S/c1-12(2)15(20-16(22)13-5-7-14(19)8-6-13)17(23)21-9-10-25(24)18(3,4)11-21/h5-8,12,15H,9-11H2,1-4H3,(H,20,22)/t15-,25-/m1/s1. The van der Waals surface area contributed by atoms with E-state index in [0.717, 1.165) is 0 Å². The molecule has 0 saturated carbocycles. The van der Waals surface area contributed by atoms with Crippen molar-refractivity contribution < 1.29 is 13.8 Å². The summed E-state index contributed by atoms with van der Waals surface area (Å²) in [4.78, 5) is 27.1. The van der Waals surface area contributed by atoms with Crippen LogP contribution < -0.4 is 5.32 Å². The van der Waals surface area contributed by atoms with Crippen molar-refractivity contribution in [3.63, 3.8) is 0 Å². The number of nitrogens with zero attached hydrogens (tertiary/aromatic N) is 1. The highest BCUT2D eigenvalue weighted by atomic mass is 35.5. The molecule has 0 aromatic heterocycles. The summed E-state index contributed by atoms with van der Waals surface area (Å²) in [6, 6.07) is 5.93. The first-order valence-electron chi connectivity index (χ1n) is 8.35. The second kappa shape index (κ2) is 7.87. The summed E-state index contributed by atoms with van der Waals surface area (Å²) < 4.78 is 11.6. The average Bonchev–Trinajstić information content (AvgIpc) is 2.54. The van der Waals surface area contributed by atoms with Crippen LogP contribution in [0.2, 0.25) is 5.02 Å². The van der Waals surface area contributed by atoms with E-state index in [0.29, 0.717) is 29.4 Å². The topological polar surface area (TPSA) is 66.5 Å². The molecule has 1 heterocycles. The maximum atomic E-state index is 12.9. The Balaban J connectivity index is 2.12. The first-order valence-corrected chi connectivity index (χ1v) is 10.0. The van der Waals surface area contributed by atoms with Crippen molar-refractivity contribution in [1.29, 1.82) is 0 Å². The third-order valence-corrected chi connectivity index (χ3v) is 6.54. The van der Waals surface area contributed by atoms with Gasteiger partial charge in [0.05, 0.1) is 4.75 Å². The van der Waals surface area contributed by atoms with Crippen LogP contribution in [0.4, 0.5) is 0 Å². The molecule has 2 atom stereocenters. The Bertz CT molecular complexity index is 673. The van der Waals surface area contributed by atoms with Gasteiger partial charge in [0.15, 0.2) is 0 Å². The average molecular weight is 385 g/mol. The molecule has 138 valence electrons. The van der Waals surface area contributed by atoms with Gasteiger partial charge < -0.3 is 10.2 Å². The first-order chi connectivity index (χ1) is 11.6. The van der Waals surface area contributed by atoms with Gasteiger partial charge in [-0.15, -0.1) is 0 Å². The fourth-order valence-corrected chi connectivity index (χ4v) is 4.17. The van der Waals surface area contributed by atoms with Gasteiger partial charge in [0.2, 0.25) is 5.91 Å². The lowest BCUT2D eigenvalue weighted by atomic mass is 10.0. The van der Waals surface area contributed by atoms with Crippen LogP contribution in [0.5, 0.6) is 0 Å². The Morgan fingerprint density at radius 1 is 1.24 bits per heavy atom. The number of hydrogen-bond donors (Lipinski definition) is 1. The largest absolute Gasteiger partial charge is 0.340 e. The number of halogens is 1. The van der Waals surface area contributed by atoms with E-state index in [2.05, 4.69) is 5.32 Å². The fourth-order valence-electron chi connectivity index (χ4n) is 2.80. The molecule has 0 unspecified atom stereocenters. The van der Waals surface area contributed by atoms with Gasteiger partial charge in [-0.25, -0.2) is 0 Å². The number of hydrogen-bond acceptors (Lipinski definition) is 3. The molecular formula is C18H25ClN2O3S. The van der Waals surface area contributed by atoms with Crippen LogP contribution in [0.3, 0.4) is 0 Å². The van der Waals surface area contributed by atoms with E-state index in [1.165, 1.54) is 0 Å². The van der Waals surface area contributed by atoms with Crippen LogP contribution in [-0.2, 0) is 15.6 Å². The molecule has 1 aromatic carbocycles. The predicted octanol–water partition coefficient (Wildman–Crippen LogP) is 2.46. The molecule has 25 heavy (non-hydrogen) atoms. The molecule has 0 bridgehead atoms. The molecule has 2 rings (SSSR count). The third-order valence-electron chi connectivity index (χ3n) is 4.37. The minimum absolute atomic E-state index is 0.0562. The van der Waals surface area contributed by atoms with Crippen LogP contribution in [0, 0.1) is 5.92 Å². The first kappa shape index (κ1) is 19.9. The van der Waals surface area contributed by atoms with Crippen LogP contribution in [0.1, 0.15) is 38.1 Å². The van der Waals surface area contributed by atoms with Crippen molar-refractivity contribution in [3.05, 3.63) is 34.9 Å². The second-order valence-corrected chi connectivity index (χ2v) is 9.91. The van der Waals surface area contributed by atoms with Crippen molar-refractivity contribution in [2.24, 2.45) is 5.92 Å². The van der Waals surface area contributed by atoms with Gasteiger partial charge in [-0.1, -0.05) is 25.4 Å². The summed E-state index contributed by atoms with van der Waals surface area (Å²) in [5, 5.41) is 3.39. The zero-order chi connectivity index (χ0) is 18.8. The molecular weight excluding hydrogens is 360 g/mol. The van der Waals surface area contributed by atoms with Gasteiger partial charge in [-0.2, -0.15) is 0 Å². The number of carbonyl (C=O) groups excluding carboxylic acids is 2. The van der Waals surface area contributed by atoms with Crippen LogP contribution in [-0.4, -0.2) is 50.6 Å². The minimum Gasteiger partial charge on any atom is -0.340 e. The van der Waals surface area contributed by atoms with E-state index in [-0.39, 0.29) is 17.7 Å². The predicted molar refractivity (Wildman–Crippen MR) is 101 cm³/mol. The van der Waals surface area contributed by atoms with Crippen molar-refractivity contribution in [2.45, 2.75) is 38.5 Å². The SMILES string of the molecule is CC(C)[C@@H](NC(=O)c1ccc(Cl)cc1)C(=O)N1CC[S@@](=O)C(C)(C)C1. The summed E-state index contributed by atoms with van der Waals surface area (Å²) in [7, 11) is -0.948. The van der Waals surface area contributed by atoms with E-state index >= 15 is 0 Å². The molecule has 0 radical (unpaired) electrons. The smallest absolute Gasteiger partial charge is 0.251 e. The Morgan fingerprint density at radius 3 is 2.36 bits per heavy atom. The number of nitrogens with one attached hydrogen (secondary N) is 1. The van der Waals surface area contributed by atoms with Crippen molar-refractivity contribution in [3.8, 4) is 0 Å². The normalized spacial score (nSPS) is 21.0. The Hall–Kier alpha value is -1.40. The summed E-state index contributed by atoms with van der Waals surface area (Å²) in [5.41, 5.74) is 0.461. The van der Waals surface area contributed by atoms with Gasteiger partial charge in [-0.05, 0) is 44.0 Å². The number of benzene rings is 1. The zero-order valence-electron chi connectivity index (χ0n) is 15.0. The molecule has 1 fully saturated rings. The maximum Gasteiger partial charge on any atom is 0.251 e. The number of carbonyl (C=O) groups is 2. The Morgan fingerprint density at radius 2 is 1.84 bits per heavy atom. The van der Waals surface area contributed by atoms with E-state index in [1.807, 2.05) is 27.7 Å². The monoisotopic (exact) mass is 384 g/mol. The zero-order valence-corrected chi connectivity index (χ0v) is 16.6. The van der Waals surface area contributed by atoms with Gasteiger partial charge in [0.25, 0.3) is 5.91 Å². The third kappa shape index (κ3) is 4.82. The molecule has 0 aliphatic carbocycles. The van der Waals surface area contributed by atoms with Crippen LogP contribution >= 0.6 is 11.6 Å². The fraction of sp³-hybridized carbons (Fsp3) is 0.556. The Labute approximate surface area is 156 Å². The molecule has 1 aliphatic heterocycles. The number of rotatable bonds is 4. The maximum absolute atomic E-state index is 12.9. The lowest BCUT2D eigenvalue weighted by Gasteiger charge is -2.39. The van der Waals surface area contributed by atoms with Crippen molar-refractivity contribution >= 4 is 34.2 Å². The van der Waals surface area contributed by atoms with Gasteiger partial charge in [-0.3, -0.25) is 13.8 Å². The summed E-state index contributed by atoms with van der Waals surface area (Å²) in [6.07, 6.45) is 0. The molecule has 7 heteroatoms. The molecule has 1 aromatic rings. The van der Waals surface area contributed by atoms with Crippen molar-refractivity contribution in [1.82, 2.24) is 10.2 Å². The van der Waals surface area contributed by atoms with Gasteiger partial charge >= 0.3 is 0 Å². The molecule has 0 spiro atoms. The summed E-state index contributed by atoms with van der Waals surface area (Å²) in [6.45, 7) is 8.49. The summed E-state index contributed by atoms with van der Waals surface area (Å²) >= 11 is 5.85. The molecule has 1 saturated heterocycles. The van der Waals surface area contributed by atoms with Gasteiger partial charge in [0.1, 0.15) is 6.04 Å². The highest BCUT2D eigenvalue weighted by Gasteiger charge is 2.38. The quantitative estimate of drug-likeness (QED) is 0.867. The lowest BCUT2D eigenvalue weighted by Crippen LogP contribution is -2.58. The molecule has 2 amide bonds. The van der Waals surface area contributed by atoms with E-state index < -0.39 is 21.6 Å². The van der Waals surface area contributed by atoms with Crippen LogP contribution in [0.25, 0.3) is 0 Å². The molecule has 1 N–H and O–H groups in total. The highest BCUT2D eigenvalue weighted by Crippen LogP contribution is 2.22. The lowest BCUT2D eigenvalue weighted by molar-refractivity contribution is -0.134. The van der Waals surface area contributed by atoms with E-state index in [1.54, 1.807) is 29.2 Å². The van der Waals surface area contributed by atoms with E-state index in [4.69, 9.17) is 11.6 Å². The minimum atomic E-state index is -0.948. The van der Waals surface area contributed by atoms with Gasteiger partial charge in [0, 0.05) is 40.2 Å². The summed E-state index contributed by atoms with van der Waals surface area (Å²) in [5.74, 6) is -0.0146. The second-order valence-electron chi connectivity index (χ2n) is 7.27. The van der Waals surface area contributed by atoms with E-state index in [9.17, 15) is 13.8 Å². The Kier molecular flexibility index (Phi) is 6.27. The molecule has 1 aliphatic rings. The number of amides is 2. The highest BCUT2D eigenvalue weighted by molar-refractivity contribution is 7.86.